The predicted molar refractivity (Wildman–Crippen MR) is 83.8 cm³/mol. The Kier molecular flexibility index (Phi) is 5.99. The summed E-state index contributed by atoms with van der Waals surface area (Å²) < 4.78 is 43.7. The number of rotatable bonds is 6. The molecule has 0 heterocycles. The Hall–Kier alpha value is -0.640. The highest BCUT2D eigenvalue weighted by Gasteiger charge is 2.22. The molecular weight excluding hydrogens is 368 g/mol. The van der Waals surface area contributed by atoms with Gasteiger partial charge in [0.2, 0.25) is 10.0 Å². The highest BCUT2D eigenvalue weighted by Crippen LogP contribution is 2.32. The van der Waals surface area contributed by atoms with E-state index in [2.05, 4.69) is 20.7 Å². The van der Waals surface area contributed by atoms with Crippen LogP contribution in [0.2, 0.25) is 0 Å². The molecule has 114 valence electrons. The van der Waals surface area contributed by atoms with Crippen LogP contribution >= 0.6 is 15.9 Å². The van der Waals surface area contributed by atoms with E-state index >= 15 is 0 Å². The minimum Gasteiger partial charge on any atom is -0.495 e. The number of ether oxygens (including phenoxy) is 1. The average Bonchev–Trinajstić information content (AvgIpc) is 2.38. The third kappa shape index (κ3) is 4.18. The number of hydrogen-bond acceptors (Lipinski definition) is 5. The molecule has 2 unspecified atom stereocenters. The largest absolute Gasteiger partial charge is 0.495 e. The minimum absolute atomic E-state index is 0.0465. The fourth-order valence-corrected chi connectivity index (χ4v) is 3.40. The van der Waals surface area contributed by atoms with Crippen molar-refractivity contribution in [2.75, 3.05) is 25.6 Å². The van der Waals surface area contributed by atoms with Crippen molar-refractivity contribution in [2.45, 2.75) is 17.1 Å². The molecule has 0 aliphatic rings. The molecule has 0 fully saturated rings. The zero-order valence-corrected chi connectivity index (χ0v) is 14.6. The second kappa shape index (κ2) is 6.88. The van der Waals surface area contributed by atoms with E-state index < -0.39 is 20.8 Å². The van der Waals surface area contributed by atoms with Crippen molar-refractivity contribution in [3.63, 3.8) is 0 Å². The van der Waals surface area contributed by atoms with E-state index in [0.29, 0.717) is 10.2 Å². The molecule has 0 aromatic heterocycles. The lowest BCUT2D eigenvalue weighted by Gasteiger charge is -2.14. The Morgan fingerprint density at radius 1 is 1.50 bits per heavy atom. The molecule has 3 N–H and O–H groups in total. The molecule has 0 aliphatic heterocycles. The lowest BCUT2D eigenvalue weighted by atomic mass is 10.3. The van der Waals surface area contributed by atoms with Crippen LogP contribution < -0.4 is 15.2 Å². The van der Waals surface area contributed by atoms with Gasteiger partial charge in [0.25, 0.3) is 0 Å². The first-order valence-electron chi connectivity index (χ1n) is 5.64. The first-order valence-corrected chi connectivity index (χ1v) is 9.53. The number of sulfonamides is 1. The molecule has 2 atom stereocenters. The van der Waals surface area contributed by atoms with Crippen LogP contribution in [0.1, 0.15) is 6.92 Å². The molecule has 0 saturated carbocycles. The standard InChI is InChI=1S/C11H17BrN2O4S2/c1-7(19(3)15)6-14-20(16,17)11-5-9(13)8(12)4-10(11)18-2/h4-5,7,14H,6,13H2,1-3H3. The number of halogens is 1. The van der Waals surface area contributed by atoms with Crippen LogP contribution in [-0.4, -0.2) is 37.8 Å². The third-order valence-electron chi connectivity index (χ3n) is 2.70. The molecular formula is C11H17BrN2O4S2. The van der Waals surface area contributed by atoms with Crippen molar-refractivity contribution in [1.82, 2.24) is 4.72 Å². The summed E-state index contributed by atoms with van der Waals surface area (Å²) in [5.74, 6) is 0.184. The van der Waals surface area contributed by atoms with Crippen LogP contribution in [0.15, 0.2) is 21.5 Å². The fourth-order valence-electron chi connectivity index (χ4n) is 1.34. The van der Waals surface area contributed by atoms with Gasteiger partial charge < -0.3 is 10.5 Å². The van der Waals surface area contributed by atoms with Crippen LogP contribution in [0.25, 0.3) is 0 Å². The van der Waals surface area contributed by atoms with Crippen LogP contribution in [0.3, 0.4) is 0 Å². The first kappa shape index (κ1) is 17.4. The van der Waals surface area contributed by atoms with Crippen molar-refractivity contribution in [3.8, 4) is 5.75 Å². The van der Waals surface area contributed by atoms with Crippen molar-refractivity contribution >= 4 is 42.4 Å². The van der Waals surface area contributed by atoms with Crippen molar-refractivity contribution in [3.05, 3.63) is 16.6 Å². The maximum atomic E-state index is 12.2. The summed E-state index contributed by atoms with van der Waals surface area (Å²) in [6.45, 7) is 1.77. The lowest BCUT2D eigenvalue weighted by molar-refractivity contribution is 0.402. The van der Waals surface area contributed by atoms with E-state index in [0.717, 1.165) is 0 Å². The van der Waals surface area contributed by atoms with E-state index in [4.69, 9.17) is 10.5 Å². The zero-order valence-electron chi connectivity index (χ0n) is 11.3. The van der Waals surface area contributed by atoms with Crippen molar-refractivity contribution < 1.29 is 17.4 Å². The maximum Gasteiger partial charge on any atom is 0.244 e. The molecule has 0 amide bonds. The summed E-state index contributed by atoms with van der Waals surface area (Å²) in [4.78, 5) is -0.0465. The van der Waals surface area contributed by atoms with Gasteiger partial charge in [-0.25, -0.2) is 13.1 Å². The second-order valence-corrected chi connectivity index (χ2v) is 8.58. The first-order chi connectivity index (χ1) is 9.19. The molecule has 6 nitrogen and oxygen atoms in total. The SMILES string of the molecule is COc1cc(Br)c(N)cc1S(=O)(=O)NCC(C)S(C)=O. The van der Waals surface area contributed by atoms with Gasteiger partial charge in [-0.1, -0.05) is 0 Å². The third-order valence-corrected chi connectivity index (χ3v) is 6.13. The Labute approximate surface area is 129 Å². The van der Waals surface area contributed by atoms with E-state index in [9.17, 15) is 12.6 Å². The molecule has 9 heteroatoms. The maximum absolute atomic E-state index is 12.2. The normalized spacial score (nSPS) is 14.8. The van der Waals surface area contributed by atoms with Crippen LogP contribution in [0.5, 0.6) is 5.75 Å². The van der Waals surface area contributed by atoms with Gasteiger partial charge in [-0.15, -0.1) is 0 Å². The fraction of sp³-hybridized carbons (Fsp3) is 0.455. The number of benzene rings is 1. The quantitative estimate of drug-likeness (QED) is 0.715. The number of hydrogen-bond donors (Lipinski definition) is 2. The highest BCUT2D eigenvalue weighted by atomic mass is 79.9. The predicted octanol–water partition coefficient (Wildman–Crippen LogP) is 1.09. The van der Waals surface area contributed by atoms with Gasteiger partial charge in [0, 0.05) is 39.0 Å². The molecule has 0 radical (unpaired) electrons. The number of nitrogen functional groups attached to an aromatic ring is 1. The van der Waals surface area contributed by atoms with E-state index in [1.54, 1.807) is 6.92 Å². The van der Waals surface area contributed by atoms with Gasteiger partial charge in [0.15, 0.2) is 0 Å². The van der Waals surface area contributed by atoms with Gasteiger partial charge in [0.1, 0.15) is 10.6 Å². The molecule has 0 aliphatic carbocycles. The van der Waals surface area contributed by atoms with Crippen LogP contribution in [0, 0.1) is 0 Å². The van der Waals surface area contributed by atoms with E-state index in [-0.39, 0.29) is 22.4 Å². The number of nitrogens with one attached hydrogen (secondary N) is 1. The smallest absolute Gasteiger partial charge is 0.244 e. The van der Waals surface area contributed by atoms with Crippen LogP contribution in [-0.2, 0) is 20.8 Å². The van der Waals surface area contributed by atoms with Gasteiger partial charge >= 0.3 is 0 Å². The number of nitrogens with two attached hydrogens (primary N) is 1. The molecule has 0 spiro atoms. The monoisotopic (exact) mass is 384 g/mol. The summed E-state index contributed by atoms with van der Waals surface area (Å²) in [5, 5.41) is -0.288. The lowest BCUT2D eigenvalue weighted by Crippen LogP contribution is -2.32. The van der Waals surface area contributed by atoms with Gasteiger partial charge in [-0.2, -0.15) is 0 Å². The van der Waals surface area contributed by atoms with E-state index in [1.165, 1.54) is 25.5 Å². The molecule has 0 saturated heterocycles. The van der Waals surface area contributed by atoms with Crippen molar-refractivity contribution in [2.24, 2.45) is 0 Å². The summed E-state index contributed by atoms with van der Waals surface area (Å²) in [6.07, 6.45) is 1.52. The Balaban J connectivity index is 3.09. The molecule has 1 aromatic rings. The van der Waals surface area contributed by atoms with Gasteiger partial charge in [-0.3, -0.25) is 4.21 Å². The Morgan fingerprint density at radius 3 is 2.60 bits per heavy atom. The number of methoxy groups -OCH3 is 1. The minimum atomic E-state index is -3.78. The van der Waals surface area contributed by atoms with E-state index in [1.807, 2.05) is 0 Å². The summed E-state index contributed by atoms with van der Waals surface area (Å²) in [5.41, 5.74) is 5.99. The summed E-state index contributed by atoms with van der Waals surface area (Å²) >= 11 is 3.21. The van der Waals surface area contributed by atoms with Gasteiger partial charge in [0.05, 0.1) is 7.11 Å². The second-order valence-electron chi connectivity index (χ2n) is 4.19. The molecule has 1 rings (SSSR count). The Bertz CT molecular complexity index is 619. The summed E-state index contributed by atoms with van der Waals surface area (Å²) in [6, 6.07) is 2.81. The summed E-state index contributed by atoms with van der Waals surface area (Å²) in [7, 11) is -3.51. The Morgan fingerprint density at radius 2 is 2.10 bits per heavy atom. The topological polar surface area (TPSA) is 98.5 Å². The highest BCUT2D eigenvalue weighted by molar-refractivity contribution is 9.10. The average molecular weight is 385 g/mol. The van der Waals surface area contributed by atoms with Crippen LogP contribution in [0.4, 0.5) is 5.69 Å². The van der Waals surface area contributed by atoms with Gasteiger partial charge in [-0.05, 0) is 35.0 Å². The molecule has 0 bridgehead atoms. The molecule has 1 aromatic carbocycles. The molecule has 20 heavy (non-hydrogen) atoms. The van der Waals surface area contributed by atoms with Crippen molar-refractivity contribution in [1.29, 1.82) is 0 Å². The number of anilines is 1. The zero-order chi connectivity index (χ0) is 15.5.